The van der Waals surface area contributed by atoms with E-state index in [9.17, 15) is 13.2 Å². The first kappa shape index (κ1) is 23.0. The third-order valence-corrected chi connectivity index (χ3v) is 4.30. The van der Waals surface area contributed by atoms with E-state index in [0.717, 1.165) is 43.0 Å². The van der Waals surface area contributed by atoms with E-state index in [1.54, 1.807) is 6.07 Å². The fourth-order valence-corrected chi connectivity index (χ4v) is 3.03. The Hall–Kier alpha value is -2.24. The van der Waals surface area contributed by atoms with Gasteiger partial charge >= 0.3 is 6.36 Å². The number of guanidine groups is 1. The number of nitrogens with one attached hydrogen (secondary N) is 1. The number of benzene rings is 1. The number of aliphatic imine (C=N–C) groups is 1. The Balaban J connectivity index is 0.00000300. The summed E-state index contributed by atoms with van der Waals surface area (Å²) >= 11 is 0. The van der Waals surface area contributed by atoms with Crippen LogP contribution in [0.5, 0.6) is 5.75 Å². The molecule has 1 saturated heterocycles. The maximum absolute atomic E-state index is 12.5. The molecule has 10 heteroatoms. The number of alkyl halides is 3. The molecule has 2 aromatic rings. The van der Waals surface area contributed by atoms with Gasteiger partial charge in [-0.3, -0.25) is 0 Å². The molecule has 3 N–H and O–H groups in total. The number of pyridine rings is 1. The van der Waals surface area contributed by atoms with Gasteiger partial charge in [-0.1, -0.05) is 18.2 Å². The molecule has 3 rings (SSSR count). The Morgan fingerprint density at radius 1 is 1.21 bits per heavy atom. The van der Waals surface area contributed by atoms with Crippen molar-refractivity contribution < 1.29 is 17.9 Å². The van der Waals surface area contributed by atoms with Gasteiger partial charge in [0.2, 0.25) is 0 Å². The van der Waals surface area contributed by atoms with Crippen molar-refractivity contribution in [3.05, 3.63) is 47.7 Å². The summed E-state index contributed by atoms with van der Waals surface area (Å²) in [7, 11) is 0. The Kier molecular flexibility index (Phi) is 7.94. The van der Waals surface area contributed by atoms with Gasteiger partial charge in [0.15, 0.2) is 11.7 Å². The van der Waals surface area contributed by atoms with Crippen LogP contribution in [0.4, 0.5) is 24.7 Å². The minimum Gasteiger partial charge on any atom is -0.404 e. The second kappa shape index (κ2) is 9.99. The predicted molar refractivity (Wildman–Crippen MR) is 118 cm³/mol. The minimum absolute atomic E-state index is 0. The van der Waals surface area contributed by atoms with Crippen LogP contribution < -0.4 is 20.7 Å². The molecule has 1 aromatic heterocycles. The Morgan fingerprint density at radius 2 is 1.90 bits per heavy atom. The molecule has 0 amide bonds. The summed E-state index contributed by atoms with van der Waals surface area (Å²) in [6.45, 7) is 4.09. The van der Waals surface area contributed by atoms with Crippen LogP contribution in [0.1, 0.15) is 24.1 Å². The quantitative estimate of drug-likeness (QED) is 0.346. The van der Waals surface area contributed by atoms with E-state index in [2.05, 4.69) is 24.9 Å². The van der Waals surface area contributed by atoms with Gasteiger partial charge in [-0.05, 0) is 38.0 Å². The van der Waals surface area contributed by atoms with E-state index in [1.165, 1.54) is 18.2 Å². The highest BCUT2D eigenvalue weighted by Gasteiger charge is 2.32. The summed E-state index contributed by atoms with van der Waals surface area (Å²) in [6.07, 6.45) is -2.54. The first-order valence-electron chi connectivity index (χ1n) is 8.95. The summed E-state index contributed by atoms with van der Waals surface area (Å²) in [4.78, 5) is 11.1. The fraction of sp³-hybridized carbons (Fsp3) is 0.368. The predicted octanol–water partition coefficient (Wildman–Crippen LogP) is 4.43. The normalized spacial score (nSPS) is 14.5. The number of ether oxygens (including phenoxy) is 1. The third kappa shape index (κ3) is 6.65. The average Bonchev–Trinajstić information content (AvgIpc) is 3.15. The topological polar surface area (TPSA) is 75.8 Å². The van der Waals surface area contributed by atoms with Crippen LogP contribution in [0, 0.1) is 6.92 Å². The highest BCUT2D eigenvalue weighted by molar-refractivity contribution is 14.0. The molecule has 0 aliphatic carbocycles. The Bertz CT molecular complexity index is 854. The van der Waals surface area contributed by atoms with Crippen LogP contribution in [0.3, 0.4) is 0 Å². The molecular weight excluding hydrogens is 498 g/mol. The van der Waals surface area contributed by atoms with E-state index in [-0.39, 0.29) is 47.9 Å². The van der Waals surface area contributed by atoms with Crippen LogP contribution >= 0.6 is 24.0 Å². The highest BCUT2D eigenvalue weighted by atomic mass is 127. The van der Waals surface area contributed by atoms with Gasteiger partial charge in [-0.2, -0.15) is 0 Å². The number of halogens is 4. The maximum atomic E-state index is 12.5. The smallest absolute Gasteiger partial charge is 0.404 e. The van der Waals surface area contributed by atoms with Gasteiger partial charge in [0.05, 0.1) is 12.2 Å². The molecule has 158 valence electrons. The van der Waals surface area contributed by atoms with Crippen LogP contribution in [0.15, 0.2) is 41.4 Å². The zero-order valence-electron chi connectivity index (χ0n) is 15.9. The number of hydrogen-bond donors (Lipinski definition) is 2. The lowest BCUT2D eigenvalue weighted by atomic mass is 10.2. The number of rotatable bonds is 5. The van der Waals surface area contributed by atoms with E-state index in [0.29, 0.717) is 0 Å². The van der Waals surface area contributed by atoms with E-state index < -0.39 is 6.36 Å². The molecule has 0 radical (unpaired) electrons. The molecule has 1 aromatic carbocycles. The van der Waals surface area contributed by atoms with E-state index in [1.807, 2.05) is 19.1 Å². The second-order valence-electron chi connectivity index (χ2n) is 6.50. The number of anilines is 2. The van der Waals surface area contributed by atoms with Crippen molar-refractivity contribution in [2.24, 2.45) is 10.7 Å². The van der Waals surface area contributed by atoms with Crippen molar-refractivity contribution in [1.82, 2.24) is 4.98 Å². The largest absolute Gasteiger partial charge is 0.573 e. The van der Waals surface area contributed by atoms with Gasteiger partial charge in [-0.25, -0.2) is 9.98 Å². The molecule has 2 heterocycles. The van der Waals surface area contributed by atoms with Crippen molar-refractivity contribution in [2.45, 2.75) is 32.7 Å². The van der Waals surface area contributed by atoms with Crippen LogP contribution in [-0.4, -0.2) is 30.4 Å². The minimum atomic E-state index is -4.79. The van der Waals surface area contributed by atoms with E-state index >= 15 is 0 Å². The lowest BCUT2D eigenvalue weighted by Gasteiger charge is -2.20. The zero-order valence-corrected chi connectivity index (χ0v) is 18.2. The van der Waals surface area contributed by atoms with Gasteiger partial charge in [0.1, 0.15) is 5.82 Å². The van der Waals surface area contributed by atoms with Gasteiger partial charge in [0, 0.05) is 24.3 Å². The van der Waals surface area contributed by atoms with Crippen molar-refractivity contribution in [3.63, 3.8) is 0 Å². The zero-order chi connectivity index (χ0) is 20.1. The number of aromatic nitrogens is 1. The standard InChI is InChI=1S/C19H22F3N5O.HI/c1-13-8-9-14(17(25-13)27-10-4-5-11-27)12-24-18(23)26-15-6-2-3-7-16(15)28-19(20,21)22;/h2-3,6-9H,4-5,10-12H2,1H3,(H3,23,24,26);1H. The Morgan fingerprint density at radius 3 is 2.59 bits per heavy atom. The number of nitrogens with two attached hydrogens (primary N) is 1. The molecule has 0 atom stereocenters. The van der Waals surface area contributed by atoms with E-state index in [4.69, 9.17) is 5.73 Å². The van der Waals surface area contributed by atoms with Crippen LogP contribution in [-0.2, 0) is 6.54 Å². The van der Waals surface area contributed by atoms with Gasteiger partial charge in [-0.15, -0.1) is 37.1 Å². The molecule has 0 saturated carbocycles. The monoisotopic (exact) mass is 521 g/mol. The lowest BCUT2D eigenvalue weighted by molar-refractivity contribution is -0.274. The van der Waals surface area contributed by atoms with Gasteiger partial charge in [0.25, 0.3) is 0 Å². The molecule has 0 bridgehead atoms. The highest BCUT2D eigenvalue weighted by Crippen LogP contribution is 2.30. The summed E-state index contributed by atoms with van der Waals surface area (Å²) in [5, 5.41) is 2.67. The van der Waals surface area contributed by atoms with Crippen molar-refractivity contribution >= 4 is 41.4 Å². The number of nitrogens with zero attached hydrogens (tertiary/aromatic N) is 3. The molecule has 29 heavy (non-hydrogen) atoms. The van der Waals surface area contributed by atoms with Crippen molar-refractivity contribution in [1.29, 1.82) is 0 Å². The van der Waals surface area contributed by atoms with Gasteiger partial charge < -0.3 is 20.7 Å². The maximum Gasteiger partial charge on any atom is 0.573 e. The summed E-state index contributed by atoms with van der Waals surface area (Å²) in [6, 6.07) is 9.52. The molecular formula is C19H23F3IN5O. The first-order valence-corrected chi connectivity index (χ1v) is 8.95. The average molecular weight is 521 g/mol. The number of aryl methyl sites for hydroxylation is 1. The molecule has 1 aliphatic rings. The van der Waals surface area contributed by atoms with Crippen molar-refractivity contribution in [3.8, 4) is 5.75 Å². The SMILES string of the molecule is Cc1ccc(CN=C(N)Nc2ccccc2OC(F)(F)F)c(N2CCCC2)n1.I. The fourth-order valence-electron chi connectivity index (χ4n) is 3.03. The second-order valence-corrected chi connectivity index (χ2v) is 6.50. The molecule has 6 nitrogen and oxygen atoms in total. The molecule has 0 unspecified atom stereocenters. The third-order valence-electron chi connectivity index (χ3n) is 4.30. The Labute approximate surface area is 184 Å². The number of hydrogen-bond acceptors (Lipinski definition) is 4. The first-order chi connectivity index (χ1) is 13.3. The summed E-state index contributed by atoms with van der Waals surface area (Å²) in [5.74, 6) is 0.504. The summed E-state index contributed by atoms with van der Waals surface area (Å²) in [5.41, 5.74) is 7.80. The molecule has 1 fully saturated rings. The van der Waals surface area contributed by atoms with Crippen LogP contribution in [0.2, 0.25) is 0 Å². The lowest BCUT2D eigenvalue weighted by Crippen LogP contribution is -2.25. The number of para-hydroxylation sites is 2. The molecule has 1 aliphatic heterocycles. The molecule has 0 spiro atoms. The summed E-state index contributed by atoms with van der Waals surface area (Å²) < 4.78 is 41.6. The van der Waals surface area contributed by atoms with Crippen molar-refractivity contribution in [2.75, 3.05) is 23.3 Å². The van der Waals surface area contributed by atoms with Crippen LogP contribution in [0.25, 0.3) is 0 Å².